The number of fused-ring (bicyclic) bond motifs is 4. The molecule has 1 heterocycles. The molecule has 3 aliphatic rings. The molecule has 174 valence electrons. The van der Waals surface area contributed by atoms with Crippen LogP contribution in [0.3, 0.4) is 0 Å². The summed E-state index contributed by atoms with van der Waals surface area (Å²) in [5.41, 5.74) is 0.626. The number of amides is 1. The van der Waals surface area contributed by atoms with Gasteiger partial charge in [0.25, 0.3) is 5.91 Å². The Labute approximate surface area is 187 Å². The molecular weight excluding hydrogens is 434 g/mol. The van der Waals surface area contributed by atoms with E-state index in [-0.39, 0.29) is 33.9 Å². The Morgan fingerprint density at radius 2 is 1.91 bits per heavy atom. The minimum absolute atomic E-state index is 0.0383. The Kier molecular flexibility index (Phi) is 4.20. The molecule has 5 rings (SSSR count). The molecule has 0 bridgehead atoms. The van der Waals surface area contributed by atoms with Crippen molar-refractivity contribution in [2.75, 3.05) is 14.1 Å². The van der Waals surface area contributed by atoms with Crippen molar-refractivity contribution in [1.29, 1.82) is 0 Å². The fraction of sp³-hybridized carbons (Fsp3) is 0.409. The van der Waals surface area contributed by atoms with Crippen molar-refractivity contribution in [3.63, 3.8) is 0 Å². The molecule has 0 fully saturated rings. The number of rotatable bonds is 2. The summed E-state index contributed by atoms with van der Waals surface area (Å²) >= 11 is 0. The summed E-state index contributed by atoms with van der Waals surface area (Å²) in [6, 6.07) is 3.25. The number of benzene rings is 1. The number of likely N-dealkylation sites (N-methyl/N-ethyl adjacent to an activating group) is 1. The van der Waals surface area contributed by atoms with E-state index in [1.54, 1.807) is 6.07 Å². The lowest BCUT2D eigenvalue weighted by atomic mass is 9.54. The van der Waals surface area contributed by atoms with Crippen molar-refractivity contribution in [3.05, 3.63) is 46.4 Å². The van der Waals surface area contributed by atoms with Crippen molar-refractivity contribution in [3.8, 4) is 17.0 Å². The number of aliphatic hydroxyl groups excluding tert-OH is 2. The zero-order valence-electron chi connectivity index (χ0n) is 18.0. The van der Waals surface area contributed by atoms with Gasteiger partial charge in [-0.25, -0.2) is 0 Å². The summed E-state index contributed by atoms with van der Waals surface area (Å²) in [5, 5.41) is 60.3. The van der Waals surface area contributed by atoms with Gasteiger partial charge in [-0.1, -0.05) is 17.3 Å². The Bertz CT molecular complexity index is 1260. The number of phenols is 1. The topological polar surface area (TPSA) is 191 Å². The first-order chi connectivity index (χ1) is 15.4. The highest BCUT2D eigenvalue weighted by Crippen LogP contribution is 2.62. The van der Waals surface area contributed by atoms with E-state index in [4.69, 9.17) is 10.3 Å². The Hall–Kier alpha value is -3.25. The number of aromatic hydroxyl groups is 1. The first-order valence-corrected chi connectivity index (χ1v) is 10.3. The van der Waals surface area contributed by atoms with Crippen LogP contribution in [-0.4, -0.2) is 73.5 Å². The van der Waals surface area contributed by atoms with Gasteiger partial charge in [-0.3, -0.25) is 14.5 Å². The molecule has 11 heteroatoms. The van der Waals surface area contributed by atoms with Gasteiger partial charge in [-0.05, 0) is 32.6 Å². The van der Waals surface area contributed by atoms with Crippen LogP contribution in [0.15, 0.2) is 34.1 Å². The molecule has 2 aromatic rings. The van der Waals surface area contributed by atoms with Gasteiger partial charge in [0, 0.05) is 11.5 Å². The molecule has 0 unspecified atom stereocenters. The Morgan fingerprint density at radius 1 is 1.24 bits per heavy atom. The van der Waals surface area contributed by atoms with Gasteiger partial charge < -0.3 is 35.8 Å². The molecule has 0 radical (unpaired) electrons. The fourth-order valence-electron chi connectivity index (χ4n) is 5.91. The highest BCUT2D eigenvalue weighted by Gasteiger charge is 2.69. The first-order valence-electron chi connectivity index (χ1n) is 10.3. The summed E-state index contributed by atoms with van der Waals surface area (Å²) < 4.78 is 5.45. The Balaban J connectivity index is 1.89. The molecule has 0 saturated carbocycles. The highest BCUT2D eigenvalue weighted by atomic mass is 16.5. The van der Waals surface area contributed by atoms with E-state index < -0.39 is 58.2 Å². The number of aromatic nitrogens is 1. The van der Waals surface area contributed by atoms with Crippen LogP contribution in [-0.2, 0) is 20.8 Å². The van der Waals surface area contributed by atoms with Gasteiger partial charge in [0.2, 0.25) is 5.78 Å². The fourth-order valence-corrected chi connectivity index (χ4v) is 5.91. The zero-order chi connectivity index (χ0) is 24.2. The first kappa shape index (κ1) is 21.6. The third kappa shape index (κ3) is 2.34. The third-order valence-corrected chi connectivity index (χ3v) is 7.26. The molecule has 1 aromatic carbocycles. The molecule has 0 saturated heterocycles. The van der Waals surface area contributed by atoms with Gasteiger partial charge in [-0.15, -0.1) is 0 Å². The number of primary amides is 1. The van der Waals surface area contributed by atoms with Crippen molar-refractivity contribution >= 4 is 11.7 Å². The number of ketones is 1. The molecular formula is C22H23N3O8. The van der Waals surface area contributed by atoms with Crippen molar-refractivity contribution < 1.29 is 39.6 Å². The lowest BCUT2D eigenvalue weighted by molar-refractivity contribution is -0.178. The average molecular weight is 457 g/mol. The van der Waals surface area contributed by atoms with E-state index in [1.807, 2.05) is 0 Å². The maximum atomic E-state index is 13.4. The molecule has 0 aliphatic heterocycles. The van der Waals surface area contributed by atoms with E-state index in [0.717, 1.165) is 0 Å². The number of Topliss-reactive ketones (excluding diaryl/α,β-unsaturated/α-hetero) is 1. The number of aliphatic hydroxyl groups is 4. The van der Waals surface area contributed by atoms with E-state index >= 15 is 0 Å². The van der Waals surface area contributed by atoms with Crippen LogP contribution in [0.25, 0.3) is 11.3 Å². The largest absolute Gasteiger partial charge is 0.510 e. The van der Waals surface area contributed by atoms with Gasteiger partial charge in [-0.2, -0.15) is 0 Å². The maximum absolute atomic E-state index is 13.4. The Morgan fingerprint density at radius 3 is 2.52 bits per heavy atom. The summed E-state index contributed by atoms with van der Waals surface area (Å²) in [6.07, 6.45) is -1.61. The van der Waals surface area contributed by atoms with Gasteiger partial charge in [0.1, 0.15) is 22.8 Å². The summed E-state index contributed by atoms with van der Waals surface area (Å²) in [4.78, 5) is 26.9. The molecule has 1 amide bonds. The number of phenolic OH excluding ortho intramolecular Hbond substituents is 1. The van der Waals surface area contributed by atoms with Crippen LogP contribution in [0.1, 0.15) is 29.7 Å². The second kappa shape index (κ2) is 6.41. The van der Waals surface area contributed by atoms with Crippen LogP contribution < -0.4 is 5.73 Å². The van der Waals surface area contributed by atoms with Crippen molar-refractivity contribution in [1.82, 2.24) is 10.1 Å². The highest BCUT2D eigenvalue weighted by molar-refractivity contribution is 6.23. The quantitative estimate of drug-likeness (QED) is 0.316. The zero-order valence-corrected chi connectivity index (χ0v) is 18.0. The van der Waals surface area contributed by atoms with E-state index in [9.17, 15) is 35.1 Å². The number of hydrogen-bond donors (Lipinski definition) is 6. The predicted molar refractivity (Wildman–Crippen MR) is 111 cm³/mol. The standard InChI is InChI=1S/C22H23N3O8/c1-21(31)7-5-4-6-8(26)9(7)14-10-12(21)17(28)13-15(25(2)3)16(27)11(20(23)30)18(29)22(13,32)19(10)33-24-14/h4-6,12-13,15,17,26-28,31-32H,1-3H3,(H2,23,30)/t12-,13-,15+,17+,21-,22-/m1/s1. The number of nitrogens with two attached hydrogens (primary N) is 1. The van der Waals surface area contributed by atoms with Gasteiger partial charge in [0.05, 0.1) is 29.2 Å². The second-order valence-electron chi connectivity index (χ2n) is 9.24. The van der Waals surface area contributed by atoms with Crippen LogP contribution >= 0.6 is 0 Å². The molecule has 6 atom stereocenters. The summed E-state index contributed by atoms with van der Waals surface area (Å²) in [5.74, 6) is -6.38. The number of nitrogens with zero attached hydrogens (tertiary/aromatic N) is 2. The number of carbonyl (C=O) groups is 2. The molecule has 33 heavy (non-hydrogen) atoms. The summed E-state index contributed by atoms with van der Waals surface area (Å²) in [6.45, 7) is 1.43. The monoisotopic (exact) mass is 457 g/mol. The minimum atomic E-state index is -2.62. The van der Waals surface area contributed by atoms with Gasteiger partial charge >= 0.3 is 0 Å². The SMILES string of the molecule is CN(C)[C@@H]1C(O)=C(C(N)=O)C(=O)[C@@]2(O)c3onc4c3[C@H]([C@H](O)[C@@H]12)[C@](C)(O)c1cccc(O)c1-4. The lowest BCUT2D eigenvalue weighted by Gasteiger charge is -2.53. The van der Waals surface area contributed by atoms with Crippen LogP contribution in [0.5, 0.6) is 5.75 Å². The predicted octanol–water partition coefficient (Wildman–Crippen LogP) is -0.659. The minimum Gasteiger partial charge on any atom is -0.510 e. The van der Waals surface area contributed by atoms with Crippen LogP contribution in [0, 0.1) is 5.92 Å². The van der Waals surface area contributed by atoms with Gasteiger partial charge in [0.15, 0.2) is 11.4 Å². The van der Waals surface area contributed by atoms with E-state index in [2.05, 4.69) is 5.16 Å². The lowest BCUT2D eigenvalue weighted by Crippen LogP contribution is -2.66. The molecule has 3 aliphatic carbocycles. The van der Waals surface area contributed by atoms with Crippen molar-refractivity contribution in [2.24, 2.45) is 11.7 Å². The maximum Gasteiger partial charge on any atom is 0.255 e. The van der Waals surface area contributed by atoms with Crippen molar-refractivity contribution in [2.45, 2.75) is 36.2 Å². The normalized spacial score (nSPS) is 34.7. The second-order valence-corrected chi connectivity index (χ2v) is 9.24. The number of hydrogen-bond acceptors (Lipinski definition) is 10. The number of carbonyl (C=O) groups excluding carboxylic acids is 2. The molecule has 0 spiro atoms. The molecule has 1 aromatic heterocycles. The summed E-state index contributed by atoms with van der Waals surface area (Å²) in [7, 11) is 3.05. The third-order valence-electron chi connectivity index (χ3n) is 7.26. The van der Waals surface area contributed by atoms with E-state index in [0.29, 0.717) is 0 Å². The van der Waals surface area contributed by atoms with Crippen LogP contribution in [0.2, 0.25) is 0 Å². The molecule has 7 N–H and O–H groups in total. The van der Waals surface area contributed by atoms with E-state index in [1.165, 1.54) is 38.1 Å². The van der Waals surface area contributed by atoms with Crippen LogP contribution in [0.4, 0.5) is 0 Å². The smallest absolute Gasteiger partial charge is 0.255 e. The molecule has 11 nitrogen and oxygen atoms in total. The average Bonchev–Trinajstić information content (AvgIpc) is 3.14.